The second-order valence-electron chi connectivity index (χ2n) is 3.96. The van der Waals surface area contributed by atoms with Crippen molar-refractivity contribution in [1.82, 2.24) is 0 Å². The maximum atomic E-state index is 12.3. The summed E-state index contributed by atoms with van der Waals surface area (Å²) in [7, 11) is -3.95. The van der Waals surface area contributed by atoms with Gasteiger partial charge in [0.25, 0.3) is 0 Å². The highest BCUT2D eigenvalue weighted by Gasteiger charge is 2.25. The lowest BCUT2D eigenvalue weighted by Crippen LogP contribution is -2.10. The Hall–Kier alpha value is -1.73. The van der Waals surface area contributed by atoms with E-state index in [0.717, 1.165) is 0 Å². The van der Waals surface area contributed by atoms with Gasteiger partial charge in [0.15, 0.2) is 11.5 Å². The van der Waals surface area contributed by atoms with E-state index in [4.69, 9.17) is 13.7 Å². The Bertz CT molecular complexity index is 757. The standard InChI is InChI=1S/C13H9BrO5S/c14-9-4-1-2-7-12(9)20(15,16)19-11-6-3-5-10-13(11)18-8-17-10/h1-7H,8H2. The highest BCUT2D eigenvalue weighted by atomic mass is 79.9. The molecule has 0 N–H and O–H groups in total. The lowest BCUT2D eigenvalue weighted by molar-refractivity contribution is 0.172. The molecule has 0 aromatic heterocycles. The summed E-state index contributed by atoms with van der Waals surface area (Å²) >= 11 is 3.19. The molecule has 0 saturated carbocycles. The SMILES string of the molecule is O=S(=O)(Oc1cccc2c1OCO2)c1ccccc1Br. The first-order chi connectivity index (χ1) is 9.58. The van der Waals surface area contributed by atoms with Gasteiger partial charge in [0, 0.05) is 4.47 Å². The van der Waals surface area contributed by atoms with Gasteiger partial charge in [-0.2, -0.15) is 8.42 Å². The average Bonchev–Trinajstić information content (AvgIpc) is 2.88. The van der Waals surface area contributed by atoms with Crippen LogP contribution in [0.3, 0.4) is 0 Å². The number of rotatable bonds is 3. The summed E-state index contributed by atoms with van der Waals surface area (Å²) in [5.41, 5.74) is 0. The molecule has 0 unspecified atom stereocenters. The first-order valence-corrected chi connectivity index (χ1v) is 7.86. The minimum Gasteiger partial charge on any atom is -0.453 e. The molecule has 7 heteroatoms. The largest absolute Gasteiger partial charge is 0.453 e. The van der Waals surface area contributed by atoms with E-state index in [1.807, 2.05) is 0 Å². The van der Waals surface area contributed by atoms with E-state index in [-0.39, 0.29) is 17.4 Å². The van der Waals surface area contributed by atoms with E-state index in [2.05, 4.69) is 15.9 Å². The zero-order valence-electron chi connectivity index (χ0n) is 10.1. The van der Waals surface area contributed by atoms with Crippen molar-refractivity contribution in [3.05, 3.63) is 46.9 Å². The van der Waals surface area contributed by atoms with Crippen LogP contribution >= 0.6 is 15.9 Å². The summed E-state index contributed by atoms with van der Waals surface area (Å²) in [5, 5.41) is 0. The van der Waals surface area contributed by atoms with Crippen molar-refractivity contribution in [1.29, 1.82) is 0 Å². The minimum atomic E-state index is -3.95. The quantitative estimate of drug-likeness (QED) is 0.791. The van der Waals surface area contributed by atoms with Crippen molar-refractivity contribution in [2.24, 2.45) is 0 Å². The maximum Gasteiger partial charge on any atom is 0.340 e. The molecule has 0 saturated heterocycles. The number of benzene rings is 2. The van der Waals surface area contributed by atoms with Crippen LogP contribution in [-0.2, 0) is 10.1 Å². The Morgan fingerprint density at radius 2 is 1.85 bits per heavy atom. The molecule has 0 amide bonds. The van der Waals surface area contributed by atoms with Gasteiger partial charge in [-0.3, -0.25) is 0 Å². The van der Waals surface area contributed by atoms with Gasteiger partial charge in [0.05, 0.1) is 0 Å². The van der Waals surface area contributed by atoms with E-state index < -0.39 is 10.1 Å². The van der Waals surface area contributed by atoms with Gasteiger partial charge in [-0.25, -0.2) is 0 Å². The molecule has 1 aliphatic heterocycles. The van der Waals surface area contributed by atoms with Gasteiger partial charge in [0.1, 0.15) is 4.90 Å². The van der Waals surface area contributed by atoms with E-state index in [9.17, 15) is 8.42 Å². The molecule has 3 rings (SSSR count). The van der Waals surface area contributed by atoms with Crippen LogP contribution in [0.1, 0.15) is 0 Å². The molecule has 2 aromatic rings. The fourth-order valence-corrected chi connectivity index (χ4v) is 3.67. The van der Waals surface area contributed by atoms with Gasteiger partial charge < -0.3 is 13.7 Å². The Morgan fingerprint density at radius 3 is 2.65 bits per heavy atom. The number of fused-ring (bicyclic) bond motifs is 1. The van der Waals surface area contributed by atoms with Gasteiger partial charge in [0.2, 0.25) is 12.5 Å². The van der Waals surface area contributed by atoms with Gasteiger partial charge in [-0.15, -0.1) is 0 Å². The Balaban J connectivity index is 2.00. The number of halogens is 1. The van der Waals surface area contributed by atoms with E-state index >= 15 is 0 Å². The van der Waals surface area contributed by atoms with Crippen LogP contribution in [0.5, 0.6) is 17.2 Å². The summed E-state index contributed by atoms with van der Waals surface area (Å²) in [5.74, 6) is 0.865. The van der Waals surface area contributed by atoms with Crippen molar-refractivity contribution in [3.8, 4) is 17.2 Å². The molecule has 1 aliphatic rings. The predicted octanol–water partition coefficient (Wildman–Crippen LogP) is 2.95. The van der Waals surface area contributed by atoms with Crippen molar-refractivity contribution in [2.45, 2.75) is 4.90 Å². The van der Waals surface area contributed by atoms with Crippen LogP contribution in [0.4, 0.5) is 0 Å². The summed E-state index contributed by atoms with van der Waals surface area (Å²) in [6, 6.07) is 11.3. The van der Waals surface area contributed by atoms with Crippen molar-refractivity contribution < 1.29 is 22.1 Å². The van der Waals surface area contributed by atoms with Crippen LogP contribution < -0.4 is 13.7 Å². The monoisotopic (exact) mass is 356 g/mol. The van der Waals surface area contributed by atoms with Gasteiger partial charge in [-0.05, 0) is 40.2 Å². The Kier molecular flexibility index (Phi) is 3.31. The van der Waals surface area contributed by atoms with Crippen LogP contribution in [0.25, 0.3) is 0 Å². The molecule has 0 bridgehead atoms. The first kappa shape index (κ1) is 13.3. The molecule has 0 spiro atoms. The molecular weight excluding hydrogens is 348 g/mol. The van der Waals surface area contributed by atoms with Gasteiger partial charge >= 0.3 is 10.1 Å². The molecular formula is C13H9BrO5S. The fourth-order valence-electron chi connectivity index (χ4n) is 1.78. The highest BCUT2D eigenvalue weighted by Crippen LogP contribution is 2.41. The number of ether oxygens (including phenoxy) is 2. The summed E-state index contributed by atoms with van der Waals surface area (Å²) in [6.45, 7) is 0.0464. The van der Waals surface area contributed by atoms with Crippen LogP contribution in [0.15, 0.2) is 51.8 Å². The Morgan fingerprint density at radius 1 is 1.05 bits per heavy atom. The average molecular weight is 357 g/mol. The van der Waals surface area contributed by atoms with Crippen LogP contribution in [0.2, 0.25) is 0 Å². The van der Waals surface area contributed by atoms with E-state index in [1.165, 1.54) is 12.1 Å². The van der Waals surface area contributed by atoms with E-state index in [0.29, 0.717) is 16.0 Å². The second kappa shape index (κ2) is 4.99. The first-order valence-electron chi connectivity index (χ1n) is 5.65. The molecule has 2 aromatic carbocycles. The maximum absolute atomic E-state index is 12.3. The lowest BCUT2D eigenvalue weighted by Gasteiger charge is -2.10. The Labute approximate surface area is 124 Å². The molecule has 5 nitrogen and oxygen atoms in total. The summed E-state index contributed by atoms with van der Waals surface area (Å²) in [4.78, 5) is 0.0523. The third-order valence-corrected chi connectivity index (χ3v) is 4.91. The third-order valence-electron chi connectivity index (χ3n) is 2.67. The number of para-hydroxylation sites is 1. The van der Waals surface area contributed by atoms with Crippen LogP contribution in [-0.4, -0.2) is 15.2 Å². The zero-order valence-corrected chi connectivity index (χ0v) is 12.5. The molecule has 20 heavy (non-hydrogen) atoms. The molecule has 0 fully saturated rings. The normalized spacial score (nSPS) is 13.2. The van der Waals surface area contributed by atoms with Gasteiger partial charge in [-0.1, -0.05) is 18.2 Å². The molecule has 0 aliphatic carbocycles. The van der Waals surface area contributed by atoms with Crippen LogP contribution in [0, 0.1) is 0 Å². The molecule has 0 atom stereocenters. The second-order valence-corrected chi connectivity index (χ2v) is 6.33. The highest BCUT2D eigenvalue weighted by molar-refractivity contribution is 9.10. The van der Waals surface area contributed by atoms with E-state index in [1.54, 1.807) is 30.3 Å². The van der Waals surface area contributed by atoms with Crippen molar-refractivity contribution in [2.75, 3.05) is 6.79 Å². The fraction of sp³-hybridized carbons (Fsp3) is 0.0769. The molecule has 1 heterocycles. The number of hydrogen-bond donors (Lipinski definition) is 0. The zero-order chi connectivity index (χ0) is 14.2. The van der Waals surface area contributed by atoms with Crippen molar-refractivity contribution in [3.63, 3.8) is 0 Å². The number of hydrogen-bond acceptors (Lipinski definition) is 5. The third kappa shape index (κ3) is 2.34. The minimum absolute atomic E-state index is 0.0464. The lowest BCUT2D eigenvalue weighted by atomic mass is 10.3. The van der Waals surface area contributed by atoms with Crippen molar-refractivity contribution >= 4 is 26.0 Å². The smallest absolute Gasteiger partial charge is 0.340 e. The topological polar surface area (TPSA) is 61.8 Å². The summed E-state index contributed by atoms with van der Waals surface area (Å²) < 4.78 is 40.5. The molecule has 104 valence electrons. The summed E-state index contributed by atoms with van der Waals surface area (Å²) in [6.07, 6.45) is 0. The predicted molar refractivity (Wildman–Crippen MR) is 74.5 cm³/mol. The molecule has 0 radical (unpaired) electrons.